The van der Waals surface area contributed by atoms with Gasteiger partial charge >= 0.3 is 0 Å². The largest absolute Gasteiger partial charge is 0.508 e. The quantitative estimate of drug-likeness (QED) is 0.230. The van der Waals surface area contributed by atoms with Crippen molar-refractivity contribution in [3.8, 4) is 16.9 Å². The van der Waals surface area contributed by atoms with Gasteiger partial charge in [0, 0.05) is 55.7 Å². The SMILES string of the molecule is NN=c1c(=NCCc2ccc(N3CCN(Cc4ccccc4-c4ccc(O)cc4)CC3)cc2)c(=O)c2ccccc2c1=O. The third kappa shape index (κ3) is 5.96. The lowest BCUT2D eigenvalue weighted by molar-refractivity contribution is 0.250. The van der Waals surface area contributed by atoms with E-state index in [1.165, 1.54) is 16.8 Å². The minimum Gasteiger partial charge on any atom is -0.508 e. The van der Waals surface area contributed by atoms with E-state index in [0.29, 0.717) is 23.7 Å². The zero-order valence-corrected chi connectivity index (χ0v) is 23.8. The Morgan fingerprint density at radius 1 is 0.721 bits per heavy atom. The predicted molar refractivity (Wildman–Crippen MR) is 170 cm³/mol. The van der Waals surface area contributed by atoms with Crippen LogP contribution < -0.4 is 32.3 Å². The van der Waals surface area contributed by atoms with E-state index in [4.69, 9.17) is 5.84 Å². The van der Waals surface area contributed by atoms with E-state index in [0.717, 1.165) is 43.9 Å². The van der Waals surface area contributed by atoms with Crippen molar-refractivity contribution in [1.82, 2.24) is 4.90 Å². The fraction of sp³-hybridized carbons (Fsp3) is 0.200. The summed E-state index contributed by atoms with van der Waals surface area (Å²) in [5.41, 5.74) is 5.17. The highest BCUT2D eigenvalue weighted by Crippen LogP contribution is 2.27. The zero-order chi connectivity index (χ0) is 29.8. The molecule has 8 heteroatoms. The molecule has 0 bridgehead atoms. The Kier molecular flexibility index (Phi) is 8.11. The van der Waals surface area contributed by atoms with Gasteiger partial charge in [-0.2, -0.15) is 5.10 Å². The first kappa shape index (κ1) is 28.1. The van der Waals surface area contributed by atoms with E-state index in [-0.39, 0.29) is 27.3 Å². The van der Waals surface area contributed by atoms with E-state index < -0.39 is 0 Å². The lowest BCUT2D eigenvalue weighted by Gasteiger charge is -2.36. The molecule has 0 aromatic heterocycles. The van der Waals surface area contributed by atoms with Crippen LogP contribution in [0, 0.1) is 0 Å². The second-order valence-electron chi connectivity index (χ2n) is 10.8. The van der Waals surface area contributed by atoms with Crippen LogP contribution in [0.15, 0.2) is 117 Å². The Hall–Kier alpha value is -5.08. The molecule has 0 spiro atoms. The summed E-state index contributed by atoms with van der Waals surface area (Å²) in [5, 5.41) is 13.9. The smallest absolute Gasteiger partial charge is 0.216 e. The first-order chi connectivity index (χ1) is 21.0. The van der Waals surface area contributed by atoms with Gasteiger partial charge in [0.25, 0.3) is 0 Å². The molecule has 0 radical (unpaired) electrons. The number of rotatable bonds is 7. The summed E-state index contributed by atoms with van der Waals surface area (Å²) in [5.74, 6) is 5.75. The van der Waals surface area contributed by atoms with E-state index >= 15 is 0 Å². The maximum atomic E-state index is 13.0. The van der Waals surface area contributed by atoms with Gasteiger partial charge in [-0.25, -0.2) is 0 Å². The Morgan fingerprint density at radius 3 is 2.02 bits per heavy atom. The maximum absolute atomic E-state index is 13.0. The van der Waals surface area contributed by atoms with Crippen LogP contribution in [-0.2, 0) is 13.0 Å². The number of nitrogens with two attached hydrogens (primary N) is 1. The summed E-state index contributed by atoms with van der Waals surface area (Å²) in [4.78, 5) is 35.1. The van der Waals surface area contributed by atoms with Gasteiger partial charge in [0.15, 0.2) is 5.36 Å². The molecule has 0 amide bonds. The van der Waals surface area contributed by atoms with Crippen molar-refractivity contribution in [3.63, 3.8) is 0 Å². The van der Waals surface area contributed by atoms with E-state index in [2.05, 4.69) is 68.4 Å². The summed E-state index contributed by atoms with van der Waals surface area (Å²) >= 11 is 0. The van der Waals surface area contributed by atoms with Crippen molar-refractivity contribution in [2.75, 3.05) is 37.6 Å². The van der Waals surface area contributed by atoms with Crippen LogP contribution in [0.2, 0.25) is 0 Å². The molecule has 8 nitrogen and oxygen atoms in total. The fourth-order valence-corrected chi connectivity index (χ4v) is 5.77. The Balaban J connectivity index is 1.08. The maximum Gasteiger partial charge on any atom is 0.216 e. The number of phenolic OH excluding ortho intramolecular Hbond substituents is 1. The normalized spacial score (nSPS) is 14.9. The van der Waals surface area contributed by atoms with E-state index in [1.54, 1.807) is 36.4 Å². The predicted octanol–water partition coefficient (Wildman–Crippen LogP) is 3.05. The lowest BCUT2D eigenvalue weighted by Crippen LogP contribution is -2.49. The van der Waals surface area contributed by atoms with E-state index in [1.807, 2.05) is 12.1 Å². The highest BCUT2D eigenvalue weighted by Gasteiger charge is 2.19. The zero-order valence-electron chi connectivity index (χ0n) is 23.8. The van der Waals surface area contributed by atoms with Gasteiger partial charge in [-0.1, -0.05) is 72.8 Å². The highest BCUT2D eigenvalue weighted by molar-refractivity contribution is 5.81. The van der Waals surface area contributed by atoms with Gasteiger partial charge in [0.2, 0.25) is 10.9 Å². The Labute approximate surface area is 249 Å². The molecule has 0 atom stereocenters. The first-order valence-corrected chi connectivity index (χ1v) is 14.5. The number of piperazine rings is 1. The standard InChI is InChI=1S/C35H33N5O3/c36-38-33-32(34(42)30-7-3-4-8-31(30)35(33)43)37-18-17-24-9-13-27(14-10-24)40-21-19-39(20-22-40)23-26-5-1-2-6-29(26)25-11-15-28(41)16-12-25/h1-16,41H,17-23,36H2. The van der Waals surface area contributed by atoms with Crippen LogP contribution in [0.3, 0.4) is 0 Å². The molecule has 1 aliphatic heterocycles. The summed E-state index contributed by atoms with van der Waals surface area (Å²) in [7, 11) is 0. The van der Waals surface area contributed by atoms with Gasteiger partial charge in [-0.15, -0.1) is 0 Å². The van der Waals surface area contributed by atoms with Crippen LogP contribution >= 0.6 is 0 Å². The molecular formula is C35H33N5O3. The molecule has 3 N–H and O–H groups in total. The molecule has 5 aromatic rings. The van der Waals surface area contributed by atoms with Crippen molar-refractivity contribution in [1.29, 1.82) is 0 Å². The topological polar surface area (TPSA) is 112 Å². The molecule has 0 saturated carbocycles. The van der Waals surface area contributed by atoms with Crippen molar-refractivity contribution in [2.45, 2.75) is 13.0 Å². The van der Waals surface area contributed by atoms with Gasteiger partial charge in [0.1, 0.15) is 11.1 Å². The second kappa shape index (κ2) is 12.4. The monoisotopic (exact) mass is 571 g/mol. The molecule has 6 rings (SSSR count). The first-order valence-electron chi connectivity index (χ1n) is 14.5. The van der Waals surface area contributed by atoms with Crippen LogP contribution in [0.1, 0.15) is 11.1 Å². The van der Waals surface area contributed by atoms with Crippen LogP contribution in [0.25, 0.3) is 21.9 Å². The number of hydrogen-bond acceptors (Lipinski definition) is 8. The molecule has 216 valence electrons. The molecule has 0 aliphatic carbocycles. The number of nitrogens with zero attached hydrogens (tertiary/aromatic N) is 4. The average molecular weight is 572 g/mol. The van der Waals surface area contributed by atoms with Crippen LogP contribution in [-0.4, -0.2) is 42.7 Å². The molecule has 1 saturated heterocycles. The van der Waals surface area contributed by atoms with Crippen molar-refractivity contribution in [2.24, 2.45) is 15.9 Å². The molecular weight excluding hydrogens is 538 g/mol. The minimum atomic E-state index is -0.373. The van der Waals surface area contributed by atoms with E-state index in [9.17, 15) is 14.7 Å². The average Bonchev–Trinajstić information content (AvgIpc) is 3.05. The number of phenols is 1. The van der Waals surface area contributed by atoms with Crippen molar-refractivity contribution < 1.29 is 5.11 Å². The van der Waals surface area contributed by atoms with Gasteiger partial charge < -0.3 is 15.8 Å². The fourth-order valence-electron chi connectivity index (χ4n) is 5.77. The number of benzene rings is 5. The third-order valence-electron chi connectivity index (χ3n) is 8.13. The minimum absolute atomic E-state index is 0.0337. The molecule has 0 unspecified atom stereocenters. The summed E-state index contributed by atoms with van der Waals surface area (Å²) in [6, 6.07) is 31.0. The second-order valence-corrected chi connectivity index (χ2v) is 10.8. The number of fused-ring (bicyclic) bond motifs is 1. The van der Waals surface area contributed by atoms with Gasteiger partial charge in [-0.3, -0.25) is 19.5 Å². The molecule has 1 heterocycles. The summed E-state index contributed by atoms with van der Waals surface area (Å²) in [6.45, 7) is 5.02. The summed E-state index contributed by atoms with van der Waals surface area (Å²) < 4.78 is 0. The third-order valence-corrected chi connectivity index (χ3v) is 8.13. The highest BCUT2D eigenvalue weighted by atomic mass is 16.3. The Morgan fingerprint density at radius 2 is 1.35 bits per heavy atom. The Bertz CT molecular complexity index is 1970. The molecule has 43 heavy (non-hydrogen) atoms. The van der Waals surface area contributed by atoms with Gasteiger partial charge in [0.05, 0.1) is 0 Å². The van der Waals surface area contributed by atoms with Gasteiger partial charge in [-0.05, 0) is 52.9 Å². The van der Waals surface area contributed by atoms with Crippen LogP contribution in [0.5, 0.6) is 5.75 Å². The molecule has 5 aromatic carbocycles. The number of hydrogen-bond donors (Lipinski definition) is 2. The lowest BCUT2D eigenvalue weighted by atomic mass is 9.99. The number of aromatic hydroxyl groups is 1. The molecule has 1 aliphatic rings. The molecule has 1 fully saturated rings. The van der Waals surface area contributed by atoms with Crippen LogP contribution in [0.4, 0.5) is 5.69 Å². The summed E-state index contributed by atoms with van der Waals surface area (Å²) in [6.07, 6.45) is 0.624. The van der Waals surface area contributed by atoms with Crippen molar-refractivity contribution in [3.05, 3.63) is 139 Å². The van der Waals surface area contributed by atoms with Crippen molar-refractivity contribution >= 4 is 16.5 Å². The number of anilines is 1.